The molecule has 0 aliphatic heterocycles. The molecule has 0 aromatic heterocycles. The third-order valence-electron chi connectivity index (χ3n) is 2.87. The van der Waals surface area contributed by atoms with E-state index < -0.39 is 11.9 Å². The predicted molar refractivity (Wildman–Crippen MR) is 91.9 cm³/mol. The minimum Gasteiger partial charge on any atom is -0.354 e. The number of carbonyl (C=O) groups is 2. The van der Waals surface area contributed by atoms with Gasteiger partial charge in [-0.3, -0.25) is 9.59 Å². The minimum absolute atomic E-state index is 0. The molecule has 0 spiro atoms. The van der Waals surface area contributed by atoms with Crippen molar-refractivity contribution in [3.63, 3.8) is 0 Å². The van der Waals surface area contributed by atoms with Crippen LogP contribution in [0.3, 0.4) is 0 Å². The van der Waals surface area contributed by atoms with Crippen LogP contribution < -0.4 is 16.4 Å². The summed E-state index contributed by atoms with van der Waals surface area (Å²) in [6.07, 6.45) is 1.65. The van der Waals surface area contributed by atoms with Crippen LogP contribution in [0.4, 0.5) is 0 Å². The van der Waals surface area contributed by atoms with Crippen LogP contribution in [0, 0.1) is 0 Å². The standard InChI is InChI=1S/C14H19Cl2N3O2.ClH/c1-9(13(20)18-8-3-2-7-17)19-14(21)10-5-4-6-11(15)12(10)16;/h4-6,9H,2-3,7-8,17H2,1H3,(H,18,20)(H,19,21);1H. The third kappa shape index (κ3) is 6.40. The molecule has 22 heavy (non-hydrogen) atoms. The van der Waals surface area contributed by atoms with E-state index in [1.165, 1.54) is 0 Å². The number of amides is 2. The number of rotatable bonds is 7. The summed E-state index contributed by atoms with van der Waals surface area (Å²) in [5.74, 6) is -0.689. The van der Waals surface area contributed by atoms with Gasteiger partial charge in [0.05, 0.1) is 15.6 Å². The van der Waals surface area contributed by atoms with E-state index in [1.807, 2.05) is 0 Å². The van der Waals surface area contributed by atoms with E-state index in [4.69, 9.17) is 28.9 Å². The van der Waals surface area contributed by atoms with E-state index in [-0.39, 0.29) is 28.9 Å². The maximum absolute atomic E-state index is 12.1. The van der Waals surface area contributed by atoms with Gasteiger partial charge in [-0.15, -0.1) is 12.4 Å². The zero-order valence-corrected chi connectivity index (χ0v) is 14.5. The van der Waals surface area contributed by atoms with Crippen LogP contribution in [-0.2, 0) is 4.79 Å². The molecule has 2 amide bonds. The van der Waals surface area contributed by atoms with Crippen LogP contribution in [0.15, 0.2) is 18.2 Å². The number of unbranched alkanes of at least 4 members (excludes halogenated alkanes) is 1. The Morgan fingerprint density at radius 2 is 1.95 bits per heavy atom. The average Bonchev–Trinajstić information content (AvgIpc) is 2.46. The first kappa shape index (κ1) is 21.0. The van der Waals surface area contributed by atoms with Gasteiger partial charge in [0.15, 0.2) is 0 Å². The summed E-state index contributed by atoms with van der Waals surface area (Å²) in [5, 5.41) is 5.79. The lowest BCUT2D eigenvalue weighted by Gasteiger charge is -2.15. The maximum atomic E-state index is 12.1. The number of benzene rings is 1. The van der Waals surface area contributed by atoms with E-state index in [2.05, 4.69) is 10.6 Å². The summed E-state index contributed by atoms with van der Waals surface area (Å²) in [6, 6.07) is 4.11. The van der Waals surface area contributed by atoms with Gasteiger partial charge in [-0.25, -0.2) is 0 Å². The van der Waals surface area contributed by atoms with Crippen molar-refractivity contribution < 1.29 is 9.59 Å². The largest absolute Gasteiger partial charge is 0.354 e. The van der Waals surface area contributed by atoms with Gasteiger partial charge in [-0.1, -0.05) is 29.3 Å². The Morgan fingerprint density at radius 1 is 1.27 bits per heavy atom. The van der Waals surface area contributed by atoms with Gasteiger partial charge in [0.1, 0.15) is 6.04 Å². The molecule has 0 aliphatic rings. The van der Waals surface area contributed by atoms with Crippen LogP contribution in [0.2, 0.25) is 10.0 Å². The number of halogens is 3. The zero-order chi connectivity index (χ0) is 15.8. The van der Waals surface area contributed by atoms with Crippen LogP contribution in [0.25, 0.3) is 0 Å². The molecule has 0 saturated carbocycles. The van der Waals surface area contributed by atoms with Crippen molar-refractivity contribution in [2.75, 3.05) is 13.1 Å². The Labute approximate surface area is 146 Å². The molecule has 0 bridgehead atoms. The van der Waals surface area contributed by atoms with E-state index in [0.717, 1.165) is 12.8 Å². The lowest BCUT2D eigenvalue weighted by molar-refractivity contribution is -0.122. The highest BCUT2D eigenvalue weighted by Gasteiger charge is 2.18. The fraction of sp³-hybridized carbons (Fsp3) is 0.429. The second-order valence-corrected chi connectivity index (χ2v) is 5.37. The fourth-order valence-corrected chi connectivity index (χ4v) is 2.04. The number of nitrogens with two attached hydrogens (primary N) is 1. The lowest BCUT2D eigenvalue weighted by Crippen LogP contribution is -2.45. The zero-order valence-electron chi connectivity index (χ0n) is 12.2. The van der Waals surface area contributed by atoms with Gasteiger partial charge in [0, 0.05) is 6.54 Å². The molecule has 5 nitrogen and oxygen atoms in total. The highest BCUT2D eigenvalue weighted by atomic mass is 35.5. The lowest BCUT2D eigenvalue weighted by atomic mass is 10.2. The molecule has 0 fully saturated rings. The molecule has 0 radical (unpaired) electrons. The molecule has 124 valence electrons. The van der Waals surface area contributed by atoms with Gasteiger partial charge in [-0.05, 0) is 38.4 Å². The monoisotopic (exact) mass is 367 g/mol. The second-order valence-electron chi connectivity index (χ2n) is 4.58. The first-order valence-electron chi connectivity index (χ1n) is 6.70. The van der Waals surface area contributed by atoms with Gasteiger partial charge in [-0.2, -0.15) is 0 Å². The van der Waals surface area contributed by atoms with Crippen LogP contribution in [0.5, 0.6) is 0 Å². The second kappa shape index (κ2) is 10.7. The van der Waals surface area contributed by atoms with Crippen molar-refractivity contribution >= 4 is 47.4 Å². The minimum atomic E-state index is -0.662. The molecule has 0 saturated heterocycles. The van der Waals surface area contributed by atoms with E-state index in [9.17, 15) is 9.59 Å². The van der Waals surface area contributed by atoms with Crippen molar-refractivity contribution in [1.29, 1.82) is 0 Å². The quantitative estimate of drug-likeness (QED) is 0.646. The normalized spacial score (nSPS) is 11.3. The third-order valence-corrected chi connectivity index (χ3v) is 3.69. The molecule has 1 unspecified atom stereocenters. The van der Waals surface area contributed by atoms with Gasteiger partial charge >= 0.3 is 0 Å². The van der Waals surface area contributed by atoms with E-state index in [0.29, 0.717) is 18.1 Å². The molecule has 1 aromatic rings. The maximum Gasteiger partial charge on any atom is 0.253 e. The molecule has 0 aliphatic carbocycles. The highest BCUT2D eigenvalue weighted by molar-refractivity contribution is 6.43. The topological polar surface area (TPSA) is 84.2 Å². The van der Waals surface area contributed by atoms with Crippen LogP contribution >= 0.6 is 35.6 Å². The fourth-order valence-electron chi connectivity index (χ4n) is 1.65. The Kier molecular flexibility index (Phi) is 10.2. The summed E-state index contributed by atoms with van der Waals surface area (Å²) in [5.41, 5.74) is 5.61. The van der Waals surface area contributed by atoms with Crippen molar-refractivity contribution in [2.24, 2.45) is 5.73 Å². The predicted octanol–water partition coefficient (Wildman–Crippen LogP) is 2.39. The molecule has 1 atom stereocenters. The Hall–Kier alpha value is -1.01. The van der Waals surface area contributed by atoms with Gasteiger partial charge in [0.2, 0.25) is 5.91 Å². The number of nitrogens with one attached hydrogen (secondary N) is 2. The Bertz CT molecular complexity index is 512. The summed E-state index contributed by atoms with van der Waals surface area (Å²) in [4.78, 5) is 23.9. The van der Waals surface area contributed by atoms with Crippen molar-refractivity contribution in [3.05, 3.63) is 33.8 Å². The molecule has 0 heterocycles. The SMILES string of the molecule is CC(NC(=O)c1cccc(Cl)c1Cl)C(=O)NCCCCN.Cl. The average molecular weight is 369 g/mol. The van der Waals surface area contributed by atoms with E-state index >= 15 is 0 Å². The van der Waals surface area contributed by atoms with Crippen molar-refractivity contribution in [1.82, 2.24) is 10.6 Å². The first-order chi connectivity index (χ1) is 9.97. The van der Waals surface area contributed by atoms with Gasteiger partial charge < -0.3 is 16.4 Å². The number of hydrogen-bond donors (Lipinski definition) is 3. The van der Waals surface area contributed by atoms with Crippen molar-refractivity contribution in [3.8, 4) is 0 Å². The van der Waals surface area contributed by atoms with Gasteiger partial charge in [0.25, 0.3) is 5.91 Å². The van der Waals surface area contributed by atoms with E-state index in [1.54, 1.807) is 25.1 Å². The molecule has 1 aromatic carbocycles. The summed E-state index contributed by atoms with van der Waals surface area (Å²) in [6.45, 7) is 2.73. The Morgan fingerprint density at radius 3 is 2.59 bits per heavy atom. The molecule has 8 heteroatoms. The van der Waals surface area contributed by atoms with Crippen LogP contribution in [-0.4, -0.2) is 30.9 Å². The number of carbonyl (C=O) groups excluding carboxylic acids is 2. The summed E-state index contributed by atoms with van der Waals surface area (Å²) < 4.78 is 0. The summed E-state index contributed by atoms with van der Waals surface area (Å²) in [7, 11) is 0. The molecular formula is C14H20Cl3N3O2. The molecule has 4 N–H and O–H groups in total. The molecule has 1 rings (SSSR count). The van der Waals surface area contributed by atoms with Crippen molar-refractivity contribution in [2.45, 2.75) is 25.8 Å². The number of hydrogen-bond acceptors (Lipinski definition) is 3. The first-order valence-corrected chi connectivity index (χ1v) is 7.45. The Balaban J connectivity index is 0.00000441. The smallest absolute Gasteiger partial charge is 0.253 e. The molecular weight excluding hydrogens is 349 g/mol. The highest BCUT2D eigenvalue weighted by Crippen LogP contribution is 2.25. The van der Waals surface area contributed by atoms with Crippen LogP contribution in [0.1, 0.15) is 30.1 Å². The summed E-state index contributed by atoms with van der Waals surface area (Å²) >= 11 is 11.8.